The molecule has 0 rings (SSSR count). The fraction of sp³-hybridized carbons (Fsp3) is 0.818. The maximum atomic E-state index is 10.9. The minimum atomic E-state index is -1.03. The summed E-state index contributed by atoms with van der Waals surface area (Å²) in [7, 11) is 0. The molecule has 0 unspecified atom stereocenters. The van der Waals surface area contributed by atoms with Gasteiger partial charge in [-0.05, 0) is 34.6 Å². The van der Waals surface area contributed by atoms with Crippen LogP contribution in [0.1, 0.15) is 34.6 Å². The van der Waals surface area contributed by atoms with E-state index in [0.717, 1.165) is 0 Å². The zero-order chi connectivity index (χ0) is 13.9. The molecule has 0 radical (unpaired) electrons. The number of carbonyl (C=O) groups is 2. The smallest absolute Gasteiger partial charge is 0.323 e. The van der Waals surface area contributed by atoms with Gasteiger partial charge in [-0.25, -0.2) is 0 Å². The van der Waals surface area contributed by atoms with Crippen LogP contribution in [0.25, 0.3) is 0 Å². The number of carboxylic acids is 2. The first-order valence-electron chi connectivity index (χ1n) is 5.48. The first kappa shape index (κ1) is 15.9. The molecule has 0 aliphatic carbocycles. The second-order valence-corrected chi connectivity index (χ2v) is 5.29. The van der Waals surface area contributed by atoms with Crippen molar-refractivity contribution in [1.29, 1.82) is 0 Å². The second kappa shape index (κ2) is 5.46. The van der Waals surface area contributed by atoms with Gasteiger partial charge in [0, 0.05) is 12.6 Å². The third-order valence-corrected chi connectivity index (χ3v) is 2.53. The summed E-state index contributed by atoms with van der Waals surface area (Å²) in [6, 6.07) is -0.153. The van der Waals surface area contributed by atoms with E-state index in [4.69, 9.17) is 10.2 Å². The van der Waals surface area contributed by atoms with Gasteiger partial charge in [0.1, 0.15) is 11.1 Å². The van der Waals surface area contributed by atoms with Gasteiger partial charge in [0.25, 0.3) is 0 Å². The lowest BCUT2D eigenvalue weighted by atomic mass is 10.0. The van der Waals surface area contributed by atoms with Crippen LogP contribution in [0.4, 0.5) is 0 Å². The quantitative estimate of drug-likeness (QED) is 0.515. The predicted octanol–water partition coefficient (Wildman–Crippen LogP) is 0.281. The third kappa shape index (κ3) is 5.14. The Morgan fingerprint density at radius 3 is 1.82 bits per heavy atom. The number of nitrogens with one attached hydrogen (secondary N) is 2. The van der Waals surface area contributed by atoms with E-state index in [9.17, 15) is 9.59 Å². The maximum Gasteiger partial charge on any atom is 0.323 e. The van der Waals surface area contributed by atoms with Gasteiger partial charge in [-0.15, -0.1) is 0 Å². The van der Waals surface area contributed by atoms with Gasteiger partial charge in [0.15, 0.2) is 0 Å². The van der Waals surface area contributed by atoms with Crippen molar-refractivity contribution in [2.75, 3.05) is 6.54 Å². The molecule has 0 amide bonds. The average molecular weight is 246 g/mol. The molecule has 6 nitrogen and oxygen atoms in total. The summed E-state index contributed by atoms with van der Waals surface area (Å²) in [6.45, 7) is 8.42. The van der Waals surface area contributed by atoms with Crippen LogP contribution in [0.2, 0.25) is 0 Å². The molecule has 0 heterocycles. The molecule has 1 atom stereocenters. The van der Waals surface area contributed by atoms with Crippen molar-refractivity contribution in [3.8, 4) is 0 Å². The monoisotopic (exact) mass is 246 g/mol. The molecule has 17 heavy (non-hydrogen) atoms. The van der Waals surface area contributed by atoms with E-state index in [-0.39, 0.29) is 6.04 Å². The Balaban J connectivity index is 4.26. The maximum absolute atomic E-state index is 10.9. The lowest BCUT2D eigenvalue weighted by molar-refractivity contribution is -0.145. The molecule has 0 aromatic rings. The molecule has 0 saturated carbocycles. The number of carboxylic acid groups (broad SMARTS) is 2. The first-order valence-corrected chi connectivity index (χ1v) is 5.48. The van der Waals surface area contributed by atoms with E-state index in [2.05, 4.69) is 10.6 Å². The van der Waals surface area contributed by atoms with Crippen molar-refractivity contribution in [2.45, 2.75) is 51.7 Å². The van der Waals surface area contributed by atoms with Crippen LogP contribution >= 0.6 is 0 Å². The summed E-state index contributed by atoms with van der Waals surface area (Å²) >= 11 is 0. The van der Waals surface area contributed by atoms with Crippen LogP contribution in [0.5, 0.6) is 0 Å². The number of hydrogen-bond acceptors (Lipinski definition) is 4. The predicted molar refractivity (Wildman–Crippen MR) is 64.0 cm³/mol. The molecule has 100 valence electrons. The van der Waals surface area contributed by atoms with Crippen molar-refractivity contribution in [3.63, 3.8) is 0 Å². The highest BCUT2D eigenvalue weighted by Crippen LogP contribution is 2.05. The summed E-state index contributed by atoms with van der Waals surface area (Å²) in [6.07, 6.45) is 0. The van der Waals surface area contributed by atoms with E-state index in [0.29, 0.717) is 6.54 Å². The van der Waals surface area contributed by atoms with Gasteiger partial charge in [-0.2, -0.15) is 0 Å². The van der Waals surface area contributed by atoms with Crippen molar-refractivity contribution in [3.05, 3.63) is 0 Å². The molecule has 0 aromatic carbocycles. The number of rotatable bonds is 7. The topological polar surface area (TPSA) is 98.7 Å². The SMILES string of the molecule is C[C@@H](CNC(C)(C)C(=O)O)NC(C)(C)C(=O)O. The van der Waals surface area contributed by atoms with Gasteiger partial charge < -0.3 is 15.5 Å². The Labute approximate surface area is 101 Å². The minimum Gasteiger partial charge on any atom is -0.480 e. The van der Waals surface area contributed by atoms with Gasteiger partial charge in [-0.3, -0.25) is 14.9 Å². The fourth-order valence-corrected chi connectivity index (χ4v) is 1.21. The average Bonchev–Trinajstić information content (AvgIpc) is 2.13. The van der Waals surface area contributed by atoms with E-state index < -0.39 is 23.0 Å². The second-order valence-electron chi connectivity index (χ2n) is 5.29. The first-order chi connectivity index (χ1) is 7.49. The van der Waals surface area contributed by atoms with Crippen molar-refractivity contribution < 1.29 is 19.8 Å². The molecule has 0 aliphatic heterocycles. The summed E-state index contributed by atoms with van der Waals surface area (Å²) in [5.74, 6) is -1.89. The molecule has 0 spiro atoms. The normalized spacial score (nSPS) is 14.4. The number of aliphatic carboxylic acids is 2. The molecule has 0 saturated heterocycles. The summed E-state index contributed by atoms with van der Waals surface area (Å²) in [5.41, 5.74) is -2.06. The van der Waals surface area contributed by atoms with Crippen molar-refractivity contribution >= 4 is 11.9 Å². The van der Waals surface area contributed by atoms with Crippen LogP contribution in [0.3, 0.4) is 0 Å². The summed E-state index contributed by atoms with van der Waals surface area (Å²) < 4.78 is 0. The van der Waals surface area contributed by atoms with Crippen molar-refractivity contribution in [2.24, 2.45) is 0 Å². The van der Waals surface area contributed by atoms with E-state index in [1.807, 2.05) is 0 Å². The van der Waals surface area contributed by atoms with Gasteiger partial charge in [0.05, 0.1) is 0 Å². The Bertz CT molecular complexity index is 300. The Kier molecular flexibility index (Phi) is 5.10. The molecular formula is C11H22N2O4. The summed E-state index contributed by atoms with van der Waals surface area (Å²) in [4.78, 5) is 21.7. The van der Waals surface area contributed by atoms with Gasteiger partial charge >= 0.3 is 11.9 Å². The zero-order valence-electron chi connectivity index (χ0n) is 11.0. The van der Waals surface area contributed by atoms with Gasteiger partial charge in [0.2, 0.25) is 0 Å². The highest BCUT2D eigenvalue weighted by Gasteiger charge is 2.30. The van der Waals surface area contributed by atoms with E-state index in [1.165, 1.54) is 0 Å². The number of hydrogen-bond donors (Lipinski definition) is 4. The van der Waals surface area contributed by atoms with Crippen molar-refractivity contribution in [1.82, 2.24) is 10.6 Å². The van der Waals surface area contributed by atoms with E-state index in [1.54, 1.807) is 34.6 Å². The molecule has 0 aliphatic rings. The van der Waals surface area contributed by atoms with Crippen LogP contribution < -0.4 is 10.6 Å². The highest BCUT2D eigenvalue weighted by molar-refractivity contribution is 5.78. The Morgan fingerprint density at radius 2 is 1.47 bits per heavy atom. The molecular weight excluding hydrogens is 224 g/mol. The zero-order valence-corrected chi connectivity index (χ0v) is 11.0. The molecule has 0 fully saturated rings. The minimum absolute atomic E-state index is 0.153. The van der Waals surface area contributed by atoms with Crippen LogP contribution in [0.15, 0.2) is 0 Å². The Morgan fingerprint density at radius 1 is 1.06 bits per heavy atom. The van der Waals surface area contributed by atoms with Crippen LogP contribution in [-0.2, 0) is 9.59 Å². The molecule has 0 aromatic heterocycles. The molecule has 4 N–H and O–H groups in total. The highest BCUT2D eigenvalue weighted by atomic mass is 16.4. The van der Waals surface area contributed by atoms with Crippen LogP contribution in [-0.4, -0.2) is 45.8 Å². The molecule has 6 heteroatoms. The summed E-state index contributed by atoms with van der Waals surface area (Å²) in [5, 5.41) is 23.6. The van der Waals surface area contributed by atoms with Gasteiger partial charge in [-0.1, -0.05) is 0 Å². The third-order valence-electron chi connectivity index (χ3n) is 2.53. The lowest BCUT2D eigenvalue weighted by Gasteiger charge is -2.29. The standard InChI is InChI=1S/C11H22N2O4/c1-7(13-11(4,5)9(16)17)6-12-10(2,3)8(14)15/h7,12-13H,6H2,1-5H3,(H,14,15)(H,16,17)/t7-/m0/s1. The molecule has 0 bridgehead atoms. The lowest BCUT2D eigenvalue weighted by Crippen LogP contribution is -2.56. The van der Waals surface area contributed by atoms with Crippen LogP contribution in [0, 0.1) is 0 Å². The Hall–Kier alpha value is -1.14. The fourth-order valence-electron chi connectivity index (χ4n) is 1.21. The van der Waals surface area contributed by atoms with E-state index >= 15 is 0 Å². The largest absolute Gasteiger partial charge is 0.480 e.